The number of aromatic nitrogens is 4. The molecule has 0 radical (unpaired) electrons. The van der Waals surface area contributed by atoms with E-state index in [1.54, 1.807) is 0 Å². The Balaban J connectivity index is 1.42. The fraction of sp³-hybridized carbons (Fsp3) is 0. The highest BCUT2D eigenvalue weighted by Gasteiger charge is 2.17. The van der Waals surface area contributed by atoms with Crippen LogP contribution in [0.3, 0.4) is 0 Å². The number of rotatable bonds is 5. The molecule has 0 saturated heterocycles. The summed E-state index contributed by atoms with van der Waals surface area (Å²) in [7, 11) is 0. The van der Waals surface area contributed by atoms with E-state index in [1.807, 2.05) is 60.7 Å². The monoisotopic (exact) mass is 562 g/mol. The van der Waals surface area contributed by atoms with Gasteiger partial charge in [0.1, 0.15) is 5.69 Å². The Bertz CT molecular complexity index is 2190. The lowest BCUT2D eigenvalue weighted by Crippen LogP contribution is -1.99. The topological polar surface area (TPSA) is 51.6 Å². The van der Waals surface area contributed by atoms with E-state index in [4.69, 9.17) is 19.9 Å². The molecule has 0 bridgehead atoms. The number of nitrogens with zero attached hydrogens (tertiary/aromatic N) is 4. The van der Waals surface area contributed by atoms with Gasteiger partial charge in [-0.1, -0.05) is 140 Å². The van der Waals surface area contributed by atoms with Gasteiger partial charge < -0.3 is 0 Å². The third-order valence-corrected chi connectivity index (χ3v) is 7.89. The molecular weight excluding hydrogens is 536 g/mol. The fourth-order valence-electron chi connectivity index (χ4n) is 5.69. The van der Waals surface area contributed by atoms with Crippen LogP contribution in [-0.4, -0.2) is 19.9 Å². The Morgan fingerprint density at radius 2 is 0.795 bits per heavy atom. The lowest BCUT2D eigenvalue weighted by molar-refractivity contribution is 1.16. The molecule has 0 unspecified atom stereocenters. The third-order valence-electron chi connectivity index (χ3n) is 7.89. The molecule has 0 aliphatic rings. The van der Waals surface area contributed by atoms with Crippen LogP contribution in [0.4, 0.5) is 0 Å². The van der Waals surface area contributed by atoms with Crippen molar-refractivity contribution in [2.45, 2.75) is 0 Å². The maximum atomic E-state index is 5.28. The van der Waals surface area contributed by atoms with Crippen LogP contribution in [-0.2, 0) is 0 Å². The van der Waals surface area contributed by atoms with Crippen molar-refractivity contribution in [3.05, 3.63) is 158 Å². The smallest absolute Gasteiger partial charge is 0.179 e. The summed E-state index contributed by atoms with van der Waals surface area (Å²) in [6.07, 6.45) is 0. The lowest BCUT2D eigenvalue weighted by Gasteiger charge is -2.14. The summed E-state index contributed by atoms with van der Waals surface area (Å²) in [6, 6.07) is 53.8. The summed E-state index contributed by atoms with van der Waals surface area (Å²) in [5.41, 5.74) is 10.3. The van der Waals surface area contributed by atoms with E-state index in [9.17, 15) is 0 Å². The van der Waals surface area contributed by atoms with E-state index < -0.39 is 0 Å². The van der Waals surface area contributed by atoms with Crippen molar-refractivity contribution in [3.8, 4) is 56.4 Å². The maximum Gasteiger partial charge on any atom is 0.179 e. The van der Waals surface area contributed by atoms with Crippen LogP contribution in [0.15, 0.2) is 158 Å². The Morgan fingerprint density at radius 1 is 0.318 bits per heavy atom. The van der Waals surface area contributed by atoms with Gasteiger partial charge >= 0.3 is 0 Å². The molecule has 3 heterocycles. The molecule has 206 valence electrons. The van der Waals surface area contributed by atoms with E-state index in [0.717, 1.165) is 66.7 Å². The number of hydrogen-bond donors (Lipinski definition) is 0. The first kappa shape index (κ1) is 25.7. The molecule has 0 aliphatic carbocycles. The summed E-state index contributed by atoms with van der Waals surface area (Å²) in [5.74, 6) is 0.570. The van der Waals surface area contributed by atoms with E-state index >= 15 is 0 Å². The molecule has 4 heteroatoms. The third kappa shape index (κ3) is 4.79. The van der Waals surface area contributed by atoms with Gasteiger partial charge in [-0.05, 0) is 29.3 Å². The zero-order chi connectivity index (χ0) is 29.3. The summed E-state index contributed by atoms with van der Waals surface area (Å²) in [4.78, 5) is 20.6. The van der Waals surface area contributed by atoms with E-state index in [0.29, 0.717) is 11.5 Å². The first-order valence-electron chi connectivity index (χ1n) is 14.7. The van der Waals surface area contributed by atoms with E-state index in [1.165, 1.54) is 0 Å². The average molecular weight is 563 g/mol. The first-order valence-corrected chi connectivity index (χ1v) is 14.7. The van der Waals surface area contributed by atoms with Gasteiger partial charge in [0.25, 0.3) is 0 Å². The highest BCUT2D eigenvalue weighted by Crippen LogP contribution is 2.36. The van der Waals surface area contributed by atoms with Gasteiger partial charge in [0, 0.05) is 27.5 Å². The molecule has 8 aromatic rings. The molecule has 0 N–H and O–H groups in total. The second-order valence-electron chi connectivity index (χ2n) is 10.7. The van der Waals surface area contributed by atoms with Crippen molar-refractivity contribution < 1.29 is 0 Å². The van der Waals surface area contributed by atoms with Gasteiger partial charge in [-0.3, -0.25) is 0 Å². The van der Waals surface area contributed by atoms with Gasteiger partial charge in [-0.15, -0.1) is 0 Å². The minimum atomic E-state index is 0.570. The maximum absolute atomic E-state index is 5.28. The van der Waals surface area contributed by atoms with Crippen LogP contribution < -0.4 is 0 Å². The predicted molar refractivity (Wildman–Crippen MR) is 180 cm³/mol. The van der Waals surface area contributed by atoms with Crippen molar-refractivity contribution in [3.63, 3.8) is 0 Å². The molecule has 0 saturated carbocycles. The summed E-state index contributed by atoms with van der Waals surface area (Å²) in [5, 5.41) is 2.07. The summed E-state index contributed by atoms with van der Waals surface area (Å²) in [6.45, 7) is 0. The van der Waals surface area contributed by atoms with Crippen LogP contribution in [0, 0.1) is 0 Å². The van der Waals surface area contributed by atoms with Gasteiger partial charge in [0.15, 0.2) is 5.82 Å². The molecule has 8 rings (SSSR count). The quantitative estimate of drug-likeness (QED) is 0.196. The molecule has 5 aromatic carbocycles. The summed E-state index contributed by atoms with van der Waals surface area (Å²) < 4.78 is 0. The predicted octanol–water partition coefficient (Wildman–Crippen LogP) is 9.91. The van der Waals surface area contributed by atoms with Gasteiger partial charge in [-0.2, -0.15) is 0 Å². The first-order chi connectivity index (χ1) is 21.8. The molecule has 44 heavy (non-hydrogen) atoms. The van der Waals surface area contributed by atoms with Crippen molar-refractivity contribution in [1.82, 2.24) is 19.9 Å². The average Bonchev–Trinajstić information content (AvgIpc) is 3.12. The van der Waals surface area contributed by atoms with Crippen LogP contribution in [0.25, 0.3) is 78.2 Å². The molecule has 0 fully saturated rings. The zero-order valence-corrected chi connectivity index (χ0v) is 23.8. The van der Waals surface area contributed by atoms with Crippen LogP contribution in [0.2, 0.25) is 0 Å². The second kappa shape index (κ2) is 11.0. The normalized spacial score (nSPS) is 11.2. The number of hydrogen-bond acceptors (Lipinski definition) is 4. The fourth-order valence-corrected chi connectivity index (χ4v) is 5.69. The van der Waals surface area contributed by atoms with Gasteiger partial charge in [0.05, 0.1) is 28.1 Å². The van der Waals surface area contributed by atoms with Crippen LogP contribution >= 0.6 is 0 Å². The molecule has 3 aromatic heterocycles. The Labute approximate surface area is 255 Å². The molecule has 0 amide bonds. The molecule has 0 aliphatic heterocycles. The van der Waals surface area contributed by atoms with Crippen LogP contribution in [0.1, 0.15) is 0 Å². The largest absolute Gasteiger partial charge is 0.245 e. The van der Waals surface area contributed by atoms with E-state index in [2.05, 4.69) is 97.1 Å². The number of fused-ring (bicyclic) bond motifs is 3. The molecule has 0 atom stereocenters. The van der Waals surface area contributed by atoms with Crippen molar-refractivity contribution >= 4 is 21.8 Å². The minimum absolute atomic E-state index is 0.570. The Morgan fingerprint density at radius 3 is 1.36 bits per heavy atom. The standard InChI is InChI=1S/C40H26N4/c1-5-13-27(14-6-1)33-25-37(40-43-35(29-17-9-3-10-18-29)26-36(44-40)30-19-11-4-12-20-30)42-39-32(33)23-21-31-22-24-34(41-38(31)39)28-15-7-2-8-16-28/h1-26H. The Kier molecular flexibility index (Phi) is 6.43. The van der Waals surface area contributed by atoms with Crippen molar-refractivity contribution in [2.24, 2.45) is 0 Å². The SMILES string of the molecule is c1ccc(-c2cc(-c3ccccc3)nc(-c3cc(-c4ccccc4)c4ccc5ccc(-c6ccccc6)nc5c4n3)n2)cc1. The minimum Gasteiger partial charge on any atom is -0.245 e. The lowest BCUT2D eigenvalue weighted by atomic mass is 9.98. The van der Waals surface area contributed by atoms with Gasteiger partial charge in [0.2, 0.25) is 0 Å². The Hall–Kier alpha value is -6.00. The van der Waals surface area contributed by atoms with Gasteiger partial charge in [-0.25, -0.2) is 19.9 Å². The molecule has 0 spiro atoms. The van der Waals surface area contributed by atoms with Crippen molar-refractivity contribution in [1.29, 1.82) is 0 Å². The number of benzene rings is 5. The van der Waals surface area contributed by atoms with Crippen LogP contribution in [0.5, 0.6) is 0 Å². The van der Waals surface area contributed by atoms with Crippen molar-refractivity contribution in [2.75, 3.05) is 0 Å². The highest BCUT2D eigenvalue weighted by atomic mass is 14.9. The molecular formula is C40H26N4. The molecule has 4 nitrogen and oxygen atoms in total. The second-order valence-corrected chi connectivity index (χ2v) is 10.7. The highest BCUT2D eigenvalue weighted by molar-refractivity contribution is 6.09. The number of pyridine rings is 2. The zero-order valence-electron chi connectivity index (χ0n) is 23.8. The van der Waals surface area contributed by atoms with E-state index in [-0.39, 0.29) is 0 Å². The summed E-state index contributed by atoms with van der Waals surface area (Å²) >= 11 is 0.